The van der Waals surface area contributed by atoms with Crippen molar-refractivity contribution in [3.63, 3.8) is 0 Å². The van der Waals surface area contributed by atoms with E-state index < -0.39 is 28.3 Å². The van der Waals surface area contributed by atoms with Gasteiger partial charge in [0.15, 0.2) is 0 Å². The molecule has 0 bridgehead atoms. The van der Waals surface area contributed by atoms with E-state index in [4.69, 9.17) is 0 Å². The maximum absolute atomic E-state index is 14.7. The molecular weight excluding hydrogens is 531 g/mol. The fourth-order valence-corrected chi connectivity index (χ4v) is 5.21. The zero-order valence-electron chi connectivity index (χ0n) is 21.8. The van der Waals surface area contributed by atoms with Gasteiger partial charge in [-0.1, -0.05) is 60.2 Å². The van der Waals surface area contributed by atoms with Crippen LogP contribution in [0.25, 0.3) is 0 Å². The van der Waals surface area contributed by atoms with E-state index in [-0.39, 0.29) is 16.5 Å². The Labute approximate surface area is 232 Å². The highest BCUT2D eigenvalue weighted by atomic mass is 32.2. The number of halogens is 1. The Bertz CT molecular complexity index is 1660. The normalized spacial score (nSPS) is 11.5. The molecule has 0 aliphatic heterocycles. The predicted octanol–water partition coefficient (Wildman–Crippen LogP) is 5.12. The first kappa shape index (κ1) is 28.2. The lowest BCUT2D eigenvalue weighted by Crippen LogP contribution is -2.40. The summed E-state index contributed by atoms with van der Waals surface area (Å²) >= 11 is 0. The van der Waals surface area contributed by atoms with E-state index in [2.05, 4.69) is 15.8 Å². The lowest BCUT2D eigenvalue weighted by atomic mass is 10.1. The second kappa shape index (κ2) is 12.4. The molecule has 0 heterocycles. The van der Waals surface area contributed by atoms with Gasteiger partial charge in [0.2, 0.25) is 0 Å². The van der Waals surface area contributed by atoms with Crippen molar-refractivity contribution < 1.29 is 22.4 Å². The van der Waals surface area contributed by atoms with Gasteiger partial charge < -0.3 is 5.32 Å². The second-order valence-electron chi connectivity index (χ2n) is 8.91. The lowest BCUT2D eigenvalue weighted by molar-refractivity contribution is -0.119. The van der Waals surface area contributed by atoms with E-state index in [0.717, 1.165) is 11.6 Å². The van der Waals surface area contributed by atoms with Crippen LogP contribution in [0.1, 0.15) is 28.4 Å². The molecule has 0 fully saturated rings. The van der Waals surface area contributed by atoms with E-state index in [1.54, 1.807) is 67.6 Å². The van der Waals surface area contributed by atoms with Gasteiger partial charge >= 0.3 is 0 Å². The van der Waals surface area contributed by atoms with Crippen molar-refractivity contribution in [3.05, 3.63) is 126 Å². The van der Waals surface area contributed by atoms with Crippen molar-refractivity contribution >= 4 is 38.9 Å². The summed E-state index contributed by atoms with van der Waals surface area (Å²) in [5.74, 6) is -1.84. The van der Waals surface area contributed by atoms with Crippen LogP contribution in [-0.4, -0.2) is 32.5 Å². The van der Waals surface area contributed by atoms with Gasteiger partial charge in [0.05, 0.1) is 16.3 Å². The number of hydrogen-bond donors (Lipinski definition) is 2. The topological polar surface area (TPSA) is 108 Å². The Morgan fingerprint density at radius 2 is 1.50 bits per heavy atom. The van der Waals surface area contributed by atoms with E-state index in [0.29, 0.717) is 26.8 Å². The minimum Gasteiger partial charge on any atom is -0.322 e. The Hall–Kier alpha value is -4.83. The number of anilines is 2. The van der Waals surface area contributed by atoms with Gasteiger partial charge in [0, 0.05) is 11.3 Å². The number of hydrogen-bond acceptors (Lipinski definition) is 5. The summed E-state index contributed by atoms with van der Waals surface area (Å²) in [6.07, 6.45) is 0. The fourth-order valence-electron chi connectivity index (χ4n) is 3.78. The smallest absolute Gasteiger partial charge is 0.264 e. The Morgan fingerprint density at radius 3 is 2.20 bits per heavy atom. The van der Waals surface area contributed by atoms with Crippen LogP contribution < -0.4 is 15.0 Å². The first-order chi connectivity index (χ1) is 19.1. The molecule has 0 aliphatic rings. The first-order valence-corrected chi connectivity index (χ1v) is 13.7. The highest BCUT2D eigenvalue weighted by Crippen LogP contribution is 2.26. The molecule has 8 nitrogen and oxygen atoms in total. The molecule has 2 N–H and O–H groups in total. The van der Waals surface area contributed by atoms with E-state index in [9.17, 15) is 22.4 Å². The minimum atomic E-state index is -4.28. The molecule has 10 heteroatoms. The van der Waals surface area contributed by atoms with Crippen LogP contribution in [0, 0.1) is 12.7 Å². The van der Waals surface area contributed by atoms with Gasteiger partial charge in [-0.2, -0.15) is 5.10 Å². The van der Waals surface area contributed by atoms with Crippen LogP contribution in [0.2, 0.25) is 0 Å². The van der Waals surface area contributed by atoms with Crippen molar-refractivity contribution in [1.29, 1.82) is 0 Å². The number of hydrazone groups is 1. The van der Waals surface area contributed by atoms with Crippen LogP contribution in [0.4, 0.5) is 15.8 Å². The highest BCUT2D eigenvalue weighted by molar-refractivity contribution is 7.92. The molecule has 0 atom stereocenters. The summed E-state index contributed by atoms with van der Waals surface area (Å²) < 4.78 is 42.2. The van der Waals surface area contributed by atoms with Gasteiger partial charge in [0.25, 0.3) is 21.8 Å². The number of benzene rings is 4. The van der Waals surface area contributed by atoms with Crippen LogP contribution in [0.5, 0.6) is 0 Å². The molecule has 2 amide bonds. The average Bonchev–Trinajstić information content (AvgIpc) is 2.96. The van der Waals surface area contributed by atoms with Crippen LogP contribution in [0.3, 0.4) is 0 Å². The molecule has 0 spiro atoms. The third-order valence-corrected chi connectivity index (χ3v) is 7.71. The number of para-hydroxylation sites is 1. The van der Waals surface area contributed by atoms with Gasteiger partial charge in [-0.15, -0.1) is 0 Å². The van der Waals surface area contributed by atoms with E-state index in [1.165, 1.54) is 30.3 Å². The summed E-state index contributed by atoms with van der Waals surface area (Å²) in [5.41, 5.74) is 4.99. The summed E-state index contributed by atoms with van der Waals surface area (Å²) in [4.78, 5) is 25.3. The van der Waals surface area contributed by atoms with Gasteiger partial charge in [0.1, 0.15) is 12.4 Å². The molecule has 204 valence electrons. The molecule has 0 aliphatic carbocycles. The number of aryl methyl sites for hydroxylation is 1. The second-order valence-corrected chi connectivity index (χ2v) is 10.8. The number of nitrogens with zero attached hydrogens (tertiary/aromatic N) is 2. The summed E-state index contributed by atoms with van der Waals surface area (Å²) in [5, 5.41) is 6.91. The monoisotopic (exact) mass is 558 g/mol. The first-order valence-electron chi connectivity index (χ1n) is 12.3. The number of rotatable bonds is 9. The van der Waals surface area contributed by atoms with Crippen molar-refractivity contribution in [3.8, 4) is 0 Å². The molecule has 4 rings (SSSR count). The number of amides is 2. The summed E-state index contributed by atoms with van der Waals surface area (Å²) in [6.45, 7) is 2.75. The van der Waals surface area contributed by atoms with Crippen LogP contribution in [0.15, 0.2) is 113 Å². The zero-order valence-corrected chi connectivity index (χ0v) is 22.7. The van der Waals surface area contributed by atoms with E-state index in [1.807, 2.05) is 13.0 Å². The maximum atomic E-state index is 14.7. The quantitative estimate of drug-likeness (QED) is 0.220. The molecular formula is C30H27FN4O4S. The third-order valence-electron chi connectivity index (χ3n) is 5.94. The molecule has 4 aromatic rings. The van der Waals surface area contributed by atoms with Gasteiger partial charge in [-0.3, -0.25) is 13.9 Å². The van der Waals surface area contributed by atoms with Gasteiger partial charge in [-0.05, 0) is 67.9 Å². The van der Waals surface area contributed by atoms with Crippen molar-refractivity contribution in [2.24, 2.45) is 5.10 Å². The standard InChI is InChI=1S/C30H27FN4O4S/c1-21-15-17-26(18-16-21)40(38,39)35(28-14-7-6-13-27(28)31)20-29(36)34-33-22(2)24-11-8-12-25(19-24)32-30(37)23-9-4-3-5-10-23/h3-19H,20H2,1-2H3,(H,32,37)(H,34,36)/b33-22-. The number of carbonyl (C=O) groups is 2. The number of nitrogens with one attached hydrogen (secondary N) is 2. The minimum absolute atomic E-state index is 0.0804. The summed E-state index contributed by atoms with van der Waals surface area (Å²) in [6, 6.07) is 27.0. The van der Waals surface area contributed by atoms with E-state index >= 15 is 0 Å². The zero-order chi connectivity index (χ0) is 28.7. The molecule has 40 heavy (non-hydrogen) atoms. The van der Waals surface area contributed by atoms with Crippen molar-refractivity contribution in [1.82, 2.24) is 5.43 Å². The number of carbonyl (C=O) groups excluding carboxylic acids is 2. The number of sulfonamides is 1. The SMILES string of the molecule is C/C(=N/NC(=O)CN(c1ccccc1F)S(=O)(=O)c1ccc(C)cc1)c1cccc(NC(=O)c2ccccc2)c1. The molecule has 0 unspecified atom stereocenters. The summed E-state index contributed by atoms with van der Waals surface area (Å²) in [7, 11) is -4.28. The Balaban J connectivity index is 1.51. The van der Waals surface area contributed by atoms with Crippen LogP contribution in [-0.2, 0) is 14.8 Å². The van der Waals surface area contributed by atoms with Crippen molar-refractivity contribution in [2.75, 3.05) is 16.2 Å². The lowest BCUT2D eigenvalue weighted by Gasteiger charge is -2.24. The fraction of sp³-hybridized carbons (Fsp3) is 0.100. The molecule has 4 aromatic carbocycles. The Kier molecular flexibility index (Phi) is 8.70. The van der Waals surface area contributed by atoms with Crippen LogP contribution >= 0.6 is 0 Å². The molecule has 0 saturated heterocycles. The highest BCUT2D eigenvalue weighted by Gasteiger charge is 2.29. The molecule has 0 saturated carbocycles. The predicted molar refractivity (Wildman–Crippen MR) is 153 cm³/mol. The Morgan fingerprint density at radius 1 is 0.850 bits per heavy atom. The molecule has 0 aromatic heterocycles. The third kappa shape index (κ3) is 6.78. The largest absolute Gasteiger partial charge is 0.322 e. The average molecular weight is 559 g/mol. The van der Waals surface area contributed by atoms with Gasteiger partial charge in [-0.25, -0.2) is 18.2 Å². The van der Waals surface area contributed by atoms with Crippen molar-refractivity contribution in [2.45, 2.75) is 18.7 Å². The molecule has 0 radical (unpaired) electrons. The maximum Gasteiger partial charge on any atom is 0.264 e.